The van der Waals surface area contributed by atoms with E-state index in [1.807, 2.05) is 24.4 Å². The standard InChI is InChI=1S/C23H20N4O4S/c28-21(24-8-7-15-11-25-18-4-2-1-3-17(15)18)10-16-12-32-23(26-16)27-22(29)14-5-6-19-20(9-14)31-13-30-19/h1-6,9,11-12,25H,7-8,10,13H2,(H,24,28)(H,26,27,29). The minimum atomic E-state index is -0.299. The molecule has 0 atom stereocenters. The Morgan fingerprint density at radius 3 is 2.94 bits per heavy atom. The molecule has 0 bridgehead atoms. The SMILES string of the molecule is O=C(Cc1csc(NC(=O)c2ccc3c(c2)OCO3)n1)NCCc1c[nH]c2ccccc12. The number of carbonyl (C=O) groups excluding carboxylic acids is 2. The van der Waals surface area contributed by atoms with Gasteiger partial charge < -0.3 is 19.8 Å². The highest BCUT2D eigenvalue weighted by atomic mass is 32.1. The van der Waals surface area contributed by atoms with Crippen molar-refractivity contribution >= 4 is 39.2 Å². The van der Waals surface area contributed by atoms with Crippen LogP contribution in [0.15, 0.2) is 54.0 Å². The topological polar surface area (TPSA) is 105 Å². The maximum absolute atomic E-state index is 12.5. The highest BCUT2D eigenvalue weighted by Gasteiger charge is 2.17. The fourth-order valence-electron chi connectivity index (χ4n) is 3.55. The molecule has 1 aliphatic rings. The van der Waals surface area contributed by atoms with Gasteiger partial charge in [-0.15, -0.1) is 11.3 Å². The minimum Gasteiger partial charge on any atom is -0.454 e. The first-order valence-corrected chi connectivity index (χ1v) is 11.0. The summed E-state index contributed by atoms with van der Waals surface area (Å²) in [5, 5.41) is 9.07. The van der Waals surface area contributed by atoms with E-state index in [9.17, 15) is 9.59 Å². The number of nitrogens with one attached hydrogen (secondary N) is 3. The van der Waals surface area contributed by atoms with Gasteiger partial charge in [0.25, 0.3) is 5.91 Å². The summed E-state index contributed by atoms with van der Waals surface area (Å²) in [6, 6.07) is 13.1. The molecule has 9 heteroatoms. The highest BCUT2D eigenvalue weighted by Crippen LogP contribution is 2.32. The van der Waals surface area contributed by atoms with E-state index >= 15 is 0 Å². The van der Waals surface area contributed by atoms with Crippen LogP contribution in [0.25, 0.3) is 10.9 Å². The summed E-state index contributed by atoms with van der Waals surface area (Å²) in [6.45, 7) is 0.693. The molecule has 162 valence electrons. The summed E-state index contributed by atoms with van der Waals surface area (Å²) in [5.41, 5.74) is 3.32. The molecule has 2 aromatic carbocycles. The lowest BCUT2D eigenvalue weighted by atomic mass is 10.1. The lowest BCUT2D eigenvalue weighted by Gasteiger charge is -2.04. The molecule has 0 radical (unpaired) electrons. The van der Waals surface area contributed by atoms with Gasteiger partial charge in [0, 0.05) is 34.6 Å². The van der Waals surface area contributed by atoms with Gasteiger partial charge in [0.05, 0.1) is 12.1 Å². The second kappa shape index (κ2) is 8.72. The van der Waals surface area contributed by atoms with Crippen LogP contribution in [0.1, 0.15) is 21.6 Å². The molecule has 0 saturated heterocycles. The fourth-order valence-corrected chi connectivity index (χ4v) is 4.26. The maximum Gasteiger partial charge on any atom is 0.257 e. The number of anilines is 1. The average molecular weight is 449 g/mol. The third-order valence-corrected chi connectivity index (χ3v) is 5.95. The molecule has 8 nitrogen and oxygen atoms in total. The van der Waals surface area contributed by atoms with E-state index in [0.29, 0.717) is 34.4 Å². The number of rotatable bonds is 7. The molecule has 0 aliphatic carbocycles. The number of carbonyl (C=O) groups is 2. The Morgan fingerprint density at radius 2 is 2.00 bits per heavy atom. The predicted octanol–water partition coefficient (Wildman–Crippen LogP) is 3.51. The van der Waals surface area contributed by atoms with Crippen LogP contribution in [0.5, 0.6) is 11.5 Å². The Bertz CT molecular complexity index is 1300. The monoisotopic (exact) mass is 448 g/mol. The first-order valence-electron chi connectivity index (χ1n) is 10.1. The third-order valence-electron chi connectivity index (χ3n) is 5.14. The number of aromatic amines is 1. The second-order valence-electron chi connectivity index (χ2n) is 7.30. The minimum absolute atomic E-state index is 0.108. The Morgan fingerprint density at radius 1 is 1.12 bits per heavy atom. The summed E-state index contributed by atoms with van der Waals surface area (Å²) in [7, 11) is 0. The number of nitrogens with zero attached hydrogens (tertiary/aromatic N) is 1. The van der Waals surface area contributed by atoms with Crippen molar-refractivity contribution < 1.29 is 19.1 Å². The molecule has 0 saturated carbocycles. The zero-order chi connectivity index (χ0) is 21.9. The molecule has 5 rings (SSSR count). The van der Waals surface area contributed by atoms with Crippen molar-refractivity contribution in [2.45, 2.75) is 12.8 Å². The van der Waals surface area contributed by atoms with Gasteiger partial charge in [0.2, 0.25) is 12.7 Å². The Labute approximate surface area is 187 Å². The number of H-pyrrole nitrogens is 1. The molecule has 32 heavy (non-hydrogen) atoms. The highest BCUT2D eigenvalue weighted by molar-refractivity contribution is 7.14. The predicted molar refractivity (Wildman–Crippen MR) is 121 cm³/mol. The van der Waals surface area contributed by atoms with Crippen LogP contribution in [0, 0.1) is 0 Å². The van der Waals surface area contributed by atoms with E-state index in [1.54, 1.807) is 23.6 Å². The molecule has 0 fully saturated rings. The third kappa shape index (κ3) is 4.28. The van der Waals surface area contributed by atoms with Crippen molar-refractivity contribution in [3.63, 3.8) is 0 Å². The molecular formula is C23H20N4O4S. The van der Waals surface area contributed by atoms with Gasteiger partial charge in [-0.05, 0) is 36.2 Å². The number of benzene rings is 2. The van der Waals surface area contributed by atoms with Crippen LogP contribution >= 0.6 is 11.3 Å². The summed E-state index contributed by atoms with van der Waals surface area (Å²) in [6.07, 6.45) is 2.88. The molecule has 1 aliphatic heterocycles. The van der Waals surface area contributed by atoms with E-state index in [-0.39, 0.29) is 25.0 Å². The van der Waals surface area contributed by atoms with Crippen molar-refractivity contribution in [2.75, 3.05) is 18.7 Å². The zero-order valence-electron chi connectivity index (χ0n) is 17.0. The number of hydrogen-bond acceptors (Lipinski definition) is 6. The molecule has 2 aromatic heterocycles. The number of para-hydroxylation sites is 1. The second-order valence-corrected chi connectivity index (χ2v) is 8.16. The van der Waals surface area contributed by atoms with Crippen LogP contribution < -0.4 is 20.1 Å². The van der Waals surface area contributed by atoms with Crippen LogP contribution in [-0.2, 0) is 17.6 Å². The molecule has 3 heterocycles. The number of aromatic nitrogens is 2. The van der Waals surface area contributed by atoms with Crippen LogP contribution in [0.3, 0.4) is 0 Å². The Balaban J connectivity index is 1.12. The number of hydrogen-bond donors (Lipinski definition) is 3. The Kier molecular flexibility index (Phi) is 5.47. The summed E-state index contributed by atoms with van der Waals surface area (Å²) >= 11 is 1.28. The summed E-state index contributed by atoms with van der Waals surface area (Å²) in [5.74, 6) is 0.756. The smallest absolute Gasteiger partial charge is 0.257 e. The molecule has 4 aromatic rings. The van der Waals surface area contributed by atoms with Crippen molar-refractivity contribution in [1.29, 1.82) is 0 Å². The van der Waals surface area contributed by atoms with Crippen LogP contribution in [0.4, 0.5) is 5.13 Å². The summed E-state index contributed by atoms with van der Waals surface area (Å²) in [4.78, 5) is 32.4. The maximum atomic E-state index is 12.5. The quantitative estimate of drug-likeness (QED) is 0.401. The Hall–Kier alpha value is -3.85. The van der Waals surface area contributed by atoms with Crippen molar-refractivity contribution in [3.8, 4) is 11.5 Å². The van der Waals surface area contributed by atoms with Gasteiger partial charge in [0.1, 0.15) is 0 Å². The van der Waals surface area contributed by atoms with Gasteiger partial charge >= 0.3 is 0 Å². The van der Waals surface area contributed by atoms with Gasteiger partial charge in [-0.3, -0.25) is 14.9 Å². The number of amides is 2. The lowest BCUT2D eigenvalue weighted by molar-refractivity contribution is -0.120. The van der Waals surface area contributed by atoms with E-state index in [1.165, 1.54) is 22.3 Å². The summed E-state index contributed by atoms with van der Waals surface area (Å²) < 4.78 is 10.6. The number of thiazole rings is 1. The largest absolute Gasteiger partial charge is 0.454 e. The number of ether oxygens (including phenoxy) is 2. The fraction of sp³-hybridized carbons (Fsp3) is 0.174. The van der Waals surface area contributed by atoms with Gasteiger partial charge in [-0.1, -0.05) is 18.2 Å². The lowest BCUT2D eigenvalue weighted by Crippen LogP contribution is -2.27. The van der Waals surface area contributed by atoms with Crippen LogP contribution in [-0.4, -0.2) is 35.1 Å². The van der Waals surface area contributed by atoms with Gasteiger partial charge in [-0.25, -0.2) is 4.98 Å². The molecule has 3 N–H and O–H groups in total. The van der Waals surface area contributed by atoms with Crippen LogP contribution in [0.2, 0.25) is 0 Å². The average Bonchev–Trinajstić information content (AvgIpc) is 3.53. The first-order chi connectivity index (χ1) is 15.7. The van der Waals surface area contributed by atoms with E-state index in [2.05, 4.69) is 26.7 Å². The van der Waals surface area contributed by atoms with E-state index < -0.39 is 0 Å². The van der Waals surface area contributed by atoms with Crippen molar-refractivity contribution in [1.82, 2.24) is 15.3 Å². The van der Waals surface area contributed by atoms with Crippen molar-refractivity contribution in [3.05, 3.63) is 70.9 Å². The molecular weight excluding hydrogens is 428 g/mol. The first kappa shape index (κ1) is 20.1. The zero-order valence-corrected chi connectivity index (χ0v) is 17.8. The van der Waals surface area contributed by atoms with Gasteiger partial charge in [-0.2, -0.15) is 0 Å². The van der Waals surface area contributed by atoms with E-state index in [4.69, 9.17) is 9.47 Å². The number of fused-ring (bicyclic) bond motifs is 2. The molecule has 2 amide bonds. The van der Waals surface area contributed by atoms with E-state index in [0.717, 1.165) is 11.9 Å². The normalized spacial score (nSPS) is 12.1. The van der Waals surface area contributed by atoms with Gasteiger partial charge in [0.15, 0.2) is 16.6 Å². The van der Waals surface area contributed by atoms with Crippen molar-refractivity contribution in [2.24, 2.45) is 0 Å². The molecule has 0 unspecified atom stereocenters. The molecule has 0 spiro atoms.